The molecule has 18 heavy (non-hydrogen) atoms. The third kappa shape index (κ3) is 2.24. The lowest BCUT2D eigenvalue weighted by Gasteiger charge is -2.19. The highest BCUT2D eigenvalue weighted by atomic mass is 32.2. The number of aromatic nitrogens is 1. The van der Waals surface area contributed by atoms with Gasteiger partial charge < -0.3 is 0 Å². The van der Waals surface area contributed by atoms with E-state index >= 15 is 0 Å². The summed E-state index contributed by atoms with van der Waals surface area (Å²) >= 11 is 0. The molecule has 0 atom stereocenters. The number of sulfonamides is 1. The van der Waals surface area contributed by atoms with Crippen LogP contribution in [0.25, 0.3) is 0 Å². The summed E-state index contributed by atoms with van der Waals surface area (Å²) in [6.07, 6.45) is 2.25. The molecule has 2 rings (SSSR count). The first-order valence-corrected chi connectivity index (χ1v) is 7.16. The van der Waals surface area contributed by atoms with Crippen molar-refractivity contribution in [2.75, 3.05) is 13.1 Å². The maximum absolute atomic E-state index is 12.4. The van der Waals surface area contributed by atoms with Crippen LogP contribution in [0.3, 0.4) is 0 Å². The van der Waals surface area contributed by atoms with E-state index in [0.717, 1.165) is 6.42 Å². The monoisotopic (exact) mass is 265 g/mol. The maximum Gasteiger partial charge on any atom is 0.245 e. The van der Waals surface area contributed by atoms with Crippen LogP contribution in [0.2, 0.25) is 0 Å². The number of rotatable bonds is 2. The zero-order chi connectivity index (χ0) is 13.4. The van der Waals surface area contributed by atoms with Gasteiger partial charge >= 0.3 is 0 Å². The van der Waals surface area contributed by atoms with Gasteiger partial charge in [0.25, 0.3) is 0 Å². The van der Waals surface area contributed by atoms with Crippen molar-refractivity contribution in [2.24, 2.45) is 5.41 Å². The average molecular weight is 265 g/mol. The largest absolute Gasteiger partial charge is 0.245 e. The molecule has 1 fully saturated rings. The van der Waals surface area contributed by atoms with E-state index < -0.39 is 10.0 Å². The Morgan fingerprint density at radius 1 is 1.50 bits per heavy atom. The highest BCUT2D eigenvalue weighted by Gasteiger charge is 2.37. The maximum atomic E-state index is 12.4. The third-order valence-electron chi connectivity index (χ3n) is 3.14. The number of nitrogens with zero attached hydrogens (tertiary/aromatic N) is 3. The Morgan fingerprint density at radius 2 is 2.22 bits per heavy atom. The molecule has 0 aromatic carbocycles. The Labute approximate surface area is 107 Å². The minimum Gasteiger partial charge on any atom is -0.244 e. The molecule has 0 aliphatic carbocycles. The summed E-state index contributed by atoms with van der Waals surface area (Å²) in [5.74, 6) is 0. The Balaban J connectivity index is 2.42. The second kappa shape index (κ2) is 4.34. The zero-order valence-electron chi connectivity index (χ0n) is 10.4. The second-order valence-corrected chi connectivity index (χ2v) is 7.12. The summed E-state index contributed by atoms with van der Waals surface area (Å²) in [5, 5.41) is 8.93. The Morgan fingerprint density at radius 3 is 2.78 bits per heavy atom. The van der Waals surface area contributed by atoms with E-state index in [2.05, 4.69) is 4.98 Å². The predicted octanol–water partition coefficient (Wildman–Crippen LogP) is 1.37. The number of hydrogen-bond acceptors (Lipinski definition) is 4. The van der Waals surface area contributed by atoms with E-state index in [0.29, 0.717) is 13.1 Å². The first-order valence-electron chi connectivity index (χ1n) is 5.72. The zero-order valence-corrected chi connectivity index (χ0v) is 11.2. The highest BCUT2D eigenvalue weighted by Crippen LogP contribution is 2.33. The fourth-order valence-electron chi connectivity index (χ4n) is 2.09. The van der Waals surface area contributed by atoms with Crippen LogP contribution in [0.15, 0.2) is 23.2 Å². The average Bonchev–Trinajstić information content (AvgIpc) is 2.70. The van der Waals surface area contributed by atoms with E-state index in [1.165, 1.54) is 22.6 Å². The van der Waals surface area contributed by atoms with Crippen LogP contribution in [-0.2, 0) is 10.0 Å². The topological polar surface area (TPSA) is 74.1 Å². The van der Waals surface area contributed by atoms with Gasteiger partial charge in [0.2, 0.25) is 10.0 Å². The predicted molar refractivity (Wildman–Crippen MR) is 66.1 cm³/mol. The van der Waals surface area contributed by atoms with Crippen molar-refractivity contribution < 1.29 is 8.42 Å². The van der Waals surface area contributed by atoms with Crippen LogP contribution in [0.4, 0.5) is 0 Å². The van der Waals surface area contributed by atoms with E-state index in [4.69, 9.17) is 5.26 Å². The number of pyridine rings is 1. The minimum atomic E-state index is -3.60. The molecule has 0 spiro atoms. The molecule has 1 aromatic rings. The van der Waals surface area contributed by atoms with Gasteiger partial charge in [-0.2, -0.15) is 9.57 Å². The number of hydrogen-bond donors (Lipinski definition) is 0. The molecule has 0 bridgehead atoms. The molecule has 0 radical (unpaired) electrons. The fourth-order valence-corrected chi connectivity index (χ4v) is 3.81. The summed E-state index contributed by atoms with van der Waals surface area (Å²) in [5.41, 5.74) is -0.0514. The van der Waals surface area contributed by atoms with Gasteiger partial charge in [0.05, 0.1) is 0 Å². The SMILES string of the molecule is CC1(C)CCN(S(=O)(=O)c2cccnc2C#N)C1. The summed E-state index contributed by atoms with van der Waals surface area (Å²) in [6.45, 7) is 5.05. The Hall–Kier alpha value is -1.45. The van der Waals surface area contributed by atoms with Gasteiger partial charge in [0.1, 0.15) is 11.0 Å². The summed E-state index contributed by atoms with van der Waals surface area (Å²) in [7, 11) is -3.60. The third-order valence-corrected chi connectivity index (χ3v) is 5.01. The van der Waals surface area contributed by atoms with Gasteiger partial charge in [-0.25, -0.2) is 13.4 Å². The van der Waals surface area contributed by atoms with Crippen molar-refractivity contribution in [1.82, 2.24) is 9.29 Å². The van der Waals surface area contributed by atoms with Crippen LogP contribution >= 0.6 is 0 Å². The highest BCUT2D eigenvalue weighted by molar-refractivity contribution is 7.89. The van der Waals surface area contributed by atoms with Crippen LogP contribution in [0, 0.1) is 16.7 Å². The quantitative estimate of drug-likeness (QED) is 0.809. The van der Waals surface area contributed by atoms with Crippen molar-refractivity contribution in [2.45, 2.75) is 25.2 Å². The Kier molecular flexibility index (Phi) is 3.13. The molecule has 2 heterocycles. The van der Waals surface area contributed by atoms with Crippen LogP contribution in [-0.4, -0.2) is 30.8 Å². The molecule has 1 saturated heterocycles. The molecular weight excluding hydrogens is 250 g/mol. The molecule has 1 aliphatic rings. The van der Waals surface area contributed by atoms with Crippen molar-refractivity contribution in [3.63, 3.8) is 0 Å². The lowest BCUT2D eigenvalue weighted by Crippen LogP contribution is -2.31. The molecule has 5 nitrogen and oxygen atoms in total. The molecule has 0 saturated carbocycles. The summed E-state index contributed by atoms with van der Waals surface area (Å²) < 4.78 is 26.3. The van der Waals surface area contributed by atoms with E-state index in [9.17, 15) is 8.42 Å². The van der Waals surface area contributed by atoms with Gasteiger partial charge in [-0.15, -0.1) is 0 Å². The first kappa shape index (κ1) is 13.0. The Bertz CT molecular complexity index is 602. The summed E-state index contributed by atoms with van der Waals surface area (Å²) in [4.78, 5) is 3.81. The molecule has 1 aromatic heterocycles. The van der Waals surface area contributed by atoms with E-state index in [1.54, 1.807) is 0 Å². The van der Waals surface area contributed by atoms with Gasteiger partial charge in [-0.1, -0.05) is 13.8 Å². The van der Waals surface area contributed by atoms with Crippen molar-refractivity contribution in [3.05, 3.63) is 24.0 Å². The van der Waals surface area contributed by atoms with Crippen LogP contribution in [0.1, 0.15) is 26.0 Å². The summed E-state index contributed by atoms with van der Waals surface area (Å²) in [6, 6.07) is 4.80. The minimum absolute atomic E-state index is 0.00481. The molecule has 0 unspecified atom stereocenters. The van der Waals surface area contributed by atoms with Crippen molar-refractivity contribution >= 4 is 10.0 Å². The van der Waals surface area contributed by atoms with Gasteiger partial charge in [0, 0.05) is 19.3 Å². The molecule has 96 valence electrons. The first-order chi connectivity index (χ1) is 8.37. The van der Waals surface area contributed by atoms with E-state index in [-0.39, 0.29) is 16.0 Å². The molecule has 1 aliphatic heterocycles. The van der Waals surface area contributed by atoms with E-state index in [1.807, 2.05) is 19.9 Å². The molecular formula is C12H15N3O2S. The molecule has 6 heteroatoms. The van der Waals surface area contributed by atoms with Gasteiger partial charge in [0.15, 0.2) is 5.69 Å². The smallest absolute Gasteiger partial charge is 0.244 e. The van der Waals surface area contributed by atoms with Gasteiger partial charge in [-0.05, 0) is 24.0 Å². The molecule has 0 N–H and O–H groups in total. The fraction of sp³-hybridized carbons (Fsp3) is 0.500. The van der Waals surface area contributed by atoms with Crippen molar-refractivity contribution in [1.29, 1.82) is 5.26 Å². The standard InChI is InChI=1S/C12H15N3O2S/c1-12(2)5-7-15(9-12)18(16,17)11-4-3-6-14-10(11)8-13/h3-4,6H,5,7,9H2,1-2H3. The van der Waals surface area contributed by atoms with Crippen molar-refractivity contribution in [3.8, 4) is 6.07 Å². The second-order valence-electron chi connectivity index (χ2n) is 5.21. The van der Waals surface area contributed by atoms with Crippen LogP contribution in [0.5, 0.6) is 0 Å². The van der Waals surface area contributed by atoms with Crippen LogP contribution < -0.4 is 0 Å². The van der Waals surface area contributed by atoms with Gasteiger partial charge in [-0.3, -0.25) is 0 Å². The lowest BCUT2D eigenvalue weighted by atomic mass is 9.93. The normalized spacial score (nSPS) is 19.6. The molecule has 0 amide bonds. The lowest BCUT2D eigenvalue weighted by molar-refractivity contribution is 0.375. The number of nitriles is 1.